The Balaban J connectivity index is 1.63. The van der Waals surface area contributed by atoms with Crippen LogP contribution in [0.2, 0.25) is 0 Å². The minimum absolute atomic E-state index is 0.119. The maximum atomic E-state index is 13.6. The summed E-state index contributed by atoms with van der Waals surface area (Å²) < 4.78 is 19.5. The number of amides is 1. The van der Waals surface area contributed by atoms with Crippen molar-refractivity contribution in [3.63, 3.8) is 0 Å². The van der Waals surface area contributed by atoms with Crippen LogP contribution >= 0.6 is 11.3 Å². The van der Waals surface area contributed by atoms with Gasteiger partial charge in [0.25, 0.3) is 5.91 Å². The van der Waals surface area contributed by atoms with Crippen LogP contribution in [0.1, 0.15) is 40.4 Å². The Morgan fingerprint density at radius 1 is 1.40 bits per heavy atom. The van der Waals surface area contributed by atoms with Gasteiger partial charge in [-0.05, 0) is 38.0 Å². The van der Waals surface area contributed by atoms with Gasteiger partial charge in [-0.15, -0.1) is 11.3 Å². The van der Waals surface area contributed by atoms with Crippen LogP contribution in [0.5, 0.6) is 0 Å². The number of carbonyl (C=O) groups is 1. The van der Waals surface area contributed by atoms with Gasteiger partial charge in [-0.3, -0.25) is 4.79 Å². The SMILES string of the molecule is COCC1CCN(C(=O)c2nc(NC(C)c3cccc(F)c3)nc3nc(C)sc23)C1. The van der Waals surface area contributed by atoms with Crippen LogP contribution in [0.15, 0.2) is 24.3 Å². The highest BCUT2D eigenvalue weighted by atomic mass is 32.1. The fourth-order valence-corrected chi connectivity index (χ4v) is 4.57. The van der Waals surface area contributed by atoms with E-state index in [1.807, 2.05) is 24.8 Å². The zero-order chi connectivity index (χ0) is 21.3. The lowest BCUT2D eigenvalue weighted by Gasteiger charge is -2.18. The van der Waals surface area contributed by atoms with Gasteiger partial charge in [-0.1, -0.05) is 12.1 Å². The summed E-state index contributed by atoms with van der Waals surface area (Å²) in [7, 11) is 1.68. The molecule has 1 aromatic carbocycles. The molecule has 9 heteroatoms. The van der Waals surface area contributed by atoms with Gasteiger partial charge in [0.2, 0.25) is 5.95 Å². The van der Waals surface area contributed by atoms with Crippen LogP contribution < -0.4 is 5.32 Å². The lowest BCUT2D eigenvalue weighted by Crippen LogP contribution is -2.30. The molecule has 7 nitrogen and oxygen atoms in total. The van der Waals surface area contributed by atoms with Crippen molar-refractivity contribution in [3.05, 3.63) is 46.3 Å². The van der Waals surface area contributed by atoms with E-state index in [-0.39, 0.29) is 17.8 Å². The smallest absolute Gasteiger partial charge is 0.274 e. The van der Waals surface area contributed by atoms with E-state index >= 15 is 0 Å². The van der Waals surface area contributed by atoms with E-state index < -0.39 is 0 Å². The van der Waals surface area contributed by atoms with E-state index in [2.05, 4.69) is 20.3 Å². The minimum atomic E-state index is -0.303. The first-order valence-corrected chi connectivity index (χ1v) is 10.7. The Bertz CT molecular complexity index is 1070. The van der Waals surface area contributed by atoms with Crippen molar-refractivity contribution in [1.29, 1.82) is 0 Å². The molecule has 0 radical (unpaired) electrons. The fraction of sp³-hybridized carbons (Fsp3) is 0.429. The maximum Gasteiger partial charge on any atom is 0.274 e. The van der Waals surface area contributed by atoms with Gasteiger partial charge in [0.15, 0.2) is 11.3 Å². The predicted molar refractivity (Wildman–Crippen MR) is 114 cm³/mol. The molecule has 4 rings (SSSR count). The third kappa shape index (κ3) is 4.27. The number of ether oxygens (including phenoxy) is 1. The fourth-order valence-electron chi connectivity index (χ4n) is 3.73. The first-order chi connectivity index (χ1) is 14.4. The number of hydrogen-bond donors (Lipinski definition) is 1. The summed E-state index contributed by atoms with van der Waals surface area (Å²) in [6.45, 7) is 5.75. The Morgan fingerprint density at radius 2 is 2.23 bits per heavy atom. The van der Waals surface area contributed by atoms with Crippen molar-refractivity contribution in [1.82, 2.24) is 19.9 Å². The molecule has 1 aliphatic rings. The molecule has 1 fully saturated rings. The number of fused-ring (bicyclic) bond motifs is 1. The predicted octanol–water partition coefficient (Wildman–Crippen LogP) is 3.82. The van der Waals surface area contributed by atoms with Gasteiger partial charge in [-0.2, -0.15) is 4.98 Å². The molecule has 3 aromatic rings. The van der Waals surface area contributed by atoms with Crippen molar-refractivity contribution < 1.29 is 13.9 Å². The number of nitrogens with one attached hydrogen (secondary N) is 1. The number of carbonyl (C=O) groups excluding carboxylic acids is 1. The minimum Gasteiger partial charge on any atom is -0.384 e. The van der Waals surface area contributed by atoms with Crippen molar-refractivity contribution >= 4 is 33.5 Å². The Kier molecular flexibility index (Phi) is 5.92. The summed E-state index contributed by atoms with van der Waals surface area (Å²) in [5, 5.41) is 4.01. The van der Waals surface area contributed by atoms with Crippen LogP contribution in [0.4, 0.5) is 10.3 Å². The van der Waals surface area contributed by atoms with Gasteiger partial charge < -0.3 is 15.0 Å². The van der Waals surface area contributed by atoms with Gasteiger partial charge in [-0.25, -0.2) is 14.4 Å². The molecular weight excluding hydrogens is 405 g/mol. The van der Waals surface area contributed by atoms with Crippen molar-refractivity contribution in [2.45, 2.75) is 26.3 Å². The third-order valence-corrected chi connectivity index (χ3v) is 6.20. The quantitative estimate of drug-likeness (QED) is 0.642. The van der Waals surface area contributed by atoms with E-state index in [9.17, 15) is 9.18 Å². The lowest BCUT2D eigenvalue weighted by molar-refractivity contribution is 0.0772. The summed E-state index contributed by atoms with van der Waals surface area (Å²) in [5.74, 6) is 0.222. The number of likely N-dealkylation sites (tertiary alicyclic amines) is 1. The molecule has 0 aliphatic carbocycles. The molecular formula is C21H24FN5O2S. The molecule has 0 saturated carbocycles. The number of aryl methyl sites for hydroxylation is 1. The normalized spacial score (nSPS) is 17.5. The second-order valence-corrected chi connectivity index (χ2v) is 8.77. The Labute approximate surface area is 178 Å². The average molecular weight is 430 g/mol. The first-order valence-electron chi connectivity index (χ1n) is 9.90. The molecule has 30 heavy (non-hydrogen) atoms. The standard InChI is InChI=1S/C21H24FN5O2S/c1-12(15-5-4-6-16(22)9-15)23-21-25-17(18-19(26-21)24-13(2)30-18)20(28)27-8-7-14(10-27)11-29-3/h4-6,9,12,14H,7-8,10-11H2,1-3H3,(H,23,25,26). The number of anilines is 1. The molecule has 2 unspecified atom stereocenters. The molecule has 2 aromatic heterocycles. The summed E-state index contributed by atoms with van der Waals surface area (Å²) >= 11 is 1.42. The Hall–Kier alpha value is -2.65. The number of thiazole rings is 1. The van der Waals surface area contributed by atoms with E-state index in [0.29, 0.717) is 47.6 Å². The number of halogens is 1. The van der Waals surface area contributed by atoms with Crippen molar-refractivity contribution in [2.24, 2.45) is 5.92 Å². The molecule has 2 atom stereocenters. The van der Waals surface area contributed by atoms with E-state index in [1.54, 1.807) is 13.2 Å². The highest BCUT2D eigenvalue weighted by Gasteiger charge is 2.30. The van der Waals surface area contributed by atoms with Crippen LogP contribution in [0.3, 0.4) is 0 Å². The first kappa shape index (κ1) is 20.6. The van der Waals surface area contributed by atoms with Crippen LogP contribution in [0.25, 0.3) is 10.3 Å². The maximum absolute atomic E-state index is 13.6. The molecule has 1 N–H and O–H groups in total. The number of nitrogens with zero attached hydrogens (tertiary/aromatic N) is 4. The average Bonchev–Trinajstić information content (AvgIpc) is 3.33. The number of methoxy groups -OCH3 is 1. The molecule has 0 bridgehead atoms. The lowest BCUT2D eigenvalue weighted by atomic mass is 10.1. The summed E-state index contributed by atoms with van der Waals surface area (Å²) in [5.41, 5.74) is 1.62. The highest BCUT2D eigenvalue weighted by molar-refractivity contribution is 7.18. The molecule has 0 spiro atoms. The number of aromatic nitrogens is 3. The van der Waals surface area contributed by atoms with E-state index in [0.717, 1.165) is 17.0 Å². The summed E-state index contributed by atoms with van der Waals surface area (Å²) in [4.78, 5) is 28.6. The van der Waals surface area contributed by atoms with Crippen LogP contribution in [-0.2, 0) is 4.74 Å². The molecule has 158 valence electrons. The third-order valence-electron chi connectivity index (χ3n) is 5.23. The number of hydrogen-bond acceptors (Lipinski definition) is 7. The topological polar surface area (TPSA) is 80.2 Å². The Morgan fingerprint density at radius 3 is 3.00 bits per heavy atom. The number of benzene rings is 1. The van der Waals surface area contributed by atoms with E-state index in [1.165, 1.54) is 23.5 Å². The van der Waals surface area contributed by atoms with Gasteiger partial charge in [0, 0.05) is 26.1 Å². The zero-order valence-corrected chi connectivity index (χ0v) is 18.0. The van der Waals surface area contributed by atoms with Gasteiger partial charge >= 0.3 is 0 Å². The molecule has 1 aliphatic heterocycles. The largest absolute Gasteiger partial charge is 0.384 e. The highest BCUT2D eigenvalue weighted by Crippen LogP contribution is 2.28. The van der Waals surface area contributed by atoms with Crippen molar-refractivity contribution in [3.8, 4) is 0 Å². The van der Waals surface area contributed by atoms with Crippen LogP contribution in [0, 0.1) is 18.7 Å². The molecule has 3 heterocycles. The molecule has 1 saturated heterocycles. The monoisotopic (exact) mass is 429 g/mol. The zero-order valence-electron chi connectivity index (χ0n) is 17.2. The van der Waals surface area contributed by atoms with Gasteiger partial charge in [0.1, 0.15) is 10.5 Å². The van der Waals surface area contributed by atoms with Crippen molar-refractivity contribution in [2.75, 3.05) is 32.1 Å². The second-order valence-electron chi connectivity index (χ2n) is 7.56. The van der Waals surface area contributed by atoms with E-state index in [4.69, 9.17) is 4.74 Å². The molecule has 1 amide bonds. The second kappa shape index (κ2) is 8.61. The van der Waals surface area contributed by atoms with Crippen LogP contribution in [-0.4, -0.2) is 52.6 Å². The summed E-state index contributed by atoms with van der Waals surface area (Å²) in [6.07, 6.45) is 0.914. The summed E-state index contributed by atoms with van der Waals surface area (Å²) in [6, 6.07) is 6.13. The number of rotatable bonds is 6. The van der Waals surface area contributed by atoms with Gasteiger partial charge in [0.05, 0.1) is 17.7 Å².